The fraction of sp³-hybridized carbons (Fsp3) is 0.435. The van der Waals surface area contributed by atoms with Gasteiger partial charge >= 0.3 is 5.97 Å². The van der Waals surface area contributed by atoms with Gasteiger partial charge in [-0.15, -0.1) is 0 Å². The Morgan fingerprint density at radius 1 is 1.03 bits per heavy atom. The Labute approximate surface area is 172 Å². The van der Waals surface area contributed by atoms with Crippen molar-refractivity contribution in [3.63, 3.8) is 0 Å². The molecule has 2 aromatic carbocycles. The smallest absolute Gasteiger partial charge is 0.311 e. The van der Waals surface area contributed by atoms with Gasteiger partial charge in [0.25, 0.3) is 0 Å². The van der Waals surface area contributed by atoms with Crippen molar-refractivity contribution in [2.45, 2.75) is 25.2 Å². The van der Waals surface area contributed by atoms with E-state index >= 15 is 0 Å². The molecule has 1 atom stereocenters. The number of aliphatic carboxylic acids is 1. The van der Waals surface area contributed by atoms with E-state index in [0.29, 0.717) is 30.3 Å². The number of rotatable bonds is 10. The number of carbonyl (C=O) groups is 1. The zero-order valence-corrected chi connectivity index (χ0v) is 17.1. The molecule has 0 radical (unpaired) electrons. The van der Waals surface area contributed by atoms with Crippen LogP contribution in [-0.2, 0) is 11.2 Å². The van der Waals surface area contributed by atoms with Crippen molar-refractivity contribution >= 4 is 5.97 Å². The standard InChI is InChI=1S/C23H29NO5/c1-27-19-8-6-18(7-9-19)20(23(25)26)15-17-5-10-21(28-2)22(16-17)29-14-13-24-11-3-4-12-24/h5-10,16,20H,3-4,11-15H2,1-2H3,(H,25,26). The second-order valence-electron chi connectivity index (χ2n) is 7.25. The highest BCUT2D eigenvalue weighted by Gasteiger charge is 2.21. The van der Waals surface area contributed by atoms with Crippen molar-refractivity contribution in [3.8, 4) is 17.2 Å². The summed E-state index contributed by atoms with van der Waals surface area (Å²) in [5.41, 5.74) is 1.64. The first kappa shape index (κ1) is 21.0. The number of carboxylic acid groups (broad SMARTS) is 1. The van der Waals surface area contributed by atoms with Gasteiger partial charge < -0.3 is 19.3 Å². The van der Waals surface area contributed by atoms with Gasteiger partial charge in [0.15, 0.2) is 11.5 Å². The maximum atomic E-state index is 11.9. The number of nitrogens with zero attached hydrogens (tertiary/aromatic N) is 1. The minimum absolute atomic E-state index is 0.369. The zero-order valence-electron chi connectivity index (χ0n) is 17.1. The maximum Gasteiger partial charge on any atom is 0.311 e. The highest BCUT2D eigenvalue weighted by Crippen LogP contribution is 2.31. The van der Waals surface area contributed by atoms with Crippen LogP contribution in [-0.4, -0.2) is 56.4 Å². The quantitative estimate of drug-likeness (QED) is 0.659. The topological polar surface area (TPSA) is 68.2 Å². The summed E-state index contributed by atoms with van der Waals surface area (Å²) < 4.78 is 16.6. The molecule has 2 aromatic rings. The molecule has 1 unspecified atom stereocenters. The average Bonchev–Trinajstić information content (AvgIpc) is 3.25. The summed E-state index contributed by atoms with van der Waals surface area (Å²) in [5, 5.41) is 9.75. The predicted octanol–water partition coefficient (Wildman–Crippen LogP) is 3.59. The molecule has 156 valence electrons. The molecule has 0 saturated carbocycles. The van der Waals surface area contributed by atoms with E-state index in [1.807, 2.05) is 18.2 Å². The lowest BCUT2D eigenvalue weighted by Gasteiger charge is -2.18. The van der Waals surface area contributed by atoms with Crippen molar-refractivity contribution < 1.29 is 24.1 Å². The molecule has 1 aliphatic heterocycles. The fourth-order valence-electron chi connectivity index (χ4n) is 3.67. The second kappa shape index (κ2) is 10.2. The molecule has 0 aliphatic carbocycles. The third-order valence-corrected chi connectivity index (χ3v) is 5.35. The largest absolute Gasteiger partial charge is 0.497 e. The summed E-state index contributed by atoms with van der Waals surface area (Å²) in [7, 11) is 3.20. The highest BCUT2D eigenvalue weighted by molar-refractivity contribution is 5.76. The van der Waals surface area contributed by atoms with Crippen LogP contribution in [0.2, 0.25) is 0 Å². The first-order valence-corrected chi connectivity index (χ1v) is 9.99. The molecule has 29 heavy (non-hydrogen) atoms. The number of carboxylic acids is 1. The molecule has 1 saturated heterocycles. The van der Waals surface area contributed by atoms with Gasteiger partial charge in [-0.05, 0) is 67.7 Å². The second-order valence-corrected chi connectivity index (χ2v) is 7.25. The molecule has 6 nitrogen and oxygen atoms in total. The Morgan fingerprint density at radius 3 is 2.38 bits per heavy atom. The van der Waals surface area contributed by atoms with Crippen LogP contribution in [0.5, 0.6) is 17.2 Å². The van der Waals surface area contributed by atoms with E-state index in [9.17, 15) is 9.90 Å². The number of methoxy groups -OCH3 is 2. The molecule has 0 aromatic heterocycles. The Kier molecular flexibility index (Phi) is 7.36. The fourth-order valence-corrected chi connectivity index (χ4v) is 3.67. The molecule has 0 bridgehead atoms. The Balaban J connectivity index is 1.71. The van der Waals surface area contributed by atoms with E-state index in [-0.39, 0.29) is 0 Å². The van der Waals surface area contributed by atoms with Crippen LogP contribution in [0.1, 0.15) is 29.9 Å². The summed E-state index contributed by atoms with van der Waals surface area (Å²) in [6.45, 7) is 3.73. The normalized spacial score (nSPS) is 15.1. The van der Waals surface area contributed by atoms with Gasteiger partial charge in [-0.25, -0.2) is 0 Å². The van der Waals surface area contributed by atoms with E-state index in [4.69, 9.17) is 14.2 Å². The summed E-state index contributed by atoms with van der Waals surface area (Å²) >= 11 is 0. The average molecular weight is 399 g/mol. The van der Waals surface area contributed by atoms with Crippen LogP contribution >= 0.6 is 0 Å². The predicted molar refractivity (Wildman–Crippen MR) is 111 cm³/mol. The third kappa shape index (κ3) is 5.64. The van der Waals surface area contributed by atoms with Crippen molar-refractivity contribution in [3.05, 3.63) is 53.6 Å². The van der Waals surface area contributed by atoms with Gasteiger partial charge in [0.05, 0.1) is 20.1 Å². The summed E-state index contributed by atoms with van der Waals surface area (Å²) in [5.74, 6) is 0.514. The van der Waals surface area contributed by atoms with Crippen LogP contribution in [0.25, 0.3) is 0 Å². The molecule has 1 aliphatic rings. The molecule has 0 spiro atoms. The number of likely N-dealkylation sites (tertiary alicyclic amines) is 1. The molecule has 0 amide bonds. The number of hydrogen-bond donors (Lipinski definition) is 1. The number of hydrogen-bond acceptors (Lipinski definition) is 5. The summed E-state index contributed by atoms with van der Waals surface area (Å²) in [6, 6.07) is 12.8. The molecule has 6 heteroatoms. The van der Waals surface area contributed by atoms with Crippen molar-refractivity contribution in [2.24, 2.45) is 0 Å². The van der Waals surface area contributed by atoms with Gasteiger partial charge in [-0.3, -0.25) is 9.69 Å². The van der Waals surface area contributed by atoms with Crippen LogP contribution in [0, 0.1) is 0 Å². The summed E-state index contributed by atoms with van der Waals surface area (Å²) in [4.78, 5) is 14.3. The monoisotopic (exact) mass is 399 g/mol. The molecule has 3 rings (SSSR count). The van der Waals surface area contributed by atoms with Gasteiger partial charge in [-0.1, -0.05) is 18.2 Å². The van der Waals surface area contributed by atoms with Crippen molar-refractivity contribution in [1.29, 1.82) is 0 Å². The van der Waals surface area contributed by atoms with E-state index < -0.39 is 11.9 Å². The van der Waals surface area contributed by atoms with Gasteiger partial charge in [-0.2, -0.15) is 0 Å². The van der Waals surface area contributed by atoms with Crippen molar-refractivity contribution in [2.75, 3.05) is 40.5 Å². The van der Waals surface area contributed by atoms with E-state index in [1.165, 1.54) is 12.8 Å². The lowest BCUT2D eigenvalue weighted by Crippen LogP contribution is -2.25. The minimum Gasteiger partial charge on any atom is -0.497 e. The Bertz CT molecular complexity index is 799. The first-order chi connectivity index (χ1) is 14.1. The molecular formula is C23H29NO5. The van der Waals surface area contributed by atoms with E-state index in [2.05, 4.69) is 4.90 Å². The Morgan fingerprint density at radius 2 is 1.76 bits per heavy atom. The lowest BCUT2D eigenvalue weighted by atomic mass is 9.92. The van der Waals surface area contributed by atoms with Crippen LogP contribution in [0.3, 0.4) is 0 Å². The van der Waals surface area contributed by atoms with Gasteiger partial charge in [0.2, 0.25) is 0 Å². The lowest BCUT2D eigenvalue weighted by molar-refractivity contribution is -0.138. The van der Waals surface area contributed by atoms with Gasteiger partial charge in [0, 0.05) is 6.54 Å². The molecule has 1 fully saturated rings. The highest BCUT2D eigenvalue weighted by atomic mass is 16.5. The molecule has 1 heterocycles. The van der Waals surface area contributed by atoms with Crippen molar-refractivity contribution in [1.82, 2.24) is 4.90 Å². The first-order valence-electron chi connectivity index (χ1n) is 9.99. The number of ether oxygens (including phenoxy) is 3. The van der Waals surface area contributed by atoms with Crippen LogP contribution in [0.15, 0.2) is 42.5 Å². The number of benzene rings is 2. The summed E-state index contributed by atoms with van der Waals surface area (Å²) in [6.07, 6.45) is 2.87. The van der Waals surface area contributed by atoms with Gasteiger partial charge in [0.1, 0.15) is 12.4 Å². The van der Waals surface area contributed by atoms with Crippen LogP contribution < -0.4 is 14.2 Å². The molecule has 1 N–H and O–H groups in total. The third-order valence-electron chi connectivity index (χ3n) is 5.35. The van der Waals surface area contributed by atoms with Crippen LogP contribution in [0.4, 0.5) is 0 Å². The van der Waals surface area contributed by atoms with E-state index in [1.54, 1.807) is 38.5 Å². The zero-order chi connectivity index (χ0) is 20.6. The minimum atomic E-state index is -0.859. The van der Waals surface area contributed by atoms with E-state index in [0.717, 1.165) is 30.8 Å². The Hall–Kier alpha value is -2.73. The SMILES string of the molecule is COc1ccc(C(Cc2ccc(OC)c(OCCN3CCCC3)c2)C(=O)O)cc1. The molecular weight excluding hydrogens is 370 g/mol. The maximum absolute atomic E-state index is 11.9.